The van der Waals surface area contributed by atoms with Crippen LogP contribution in [0, 0.1) is 0 Å². The second-order valence-electron chi connectivity index (χ2n) is 8.91. The van der Waals surface area contributed by atoms with E-state index < -0.39 is 48.0 Å². The Morgan fingerprint density at radius 2 is 1.18 bits per heavy atom. The van der Waals surface area contributed by atoms with Gasteiger partial charge in [-0.3, -0.25) is 14.4 Å². The Hall–Kier alpha value is -5.63. The normalized spacial score (nSPS) is 11.7. The highest BCUT2D eigenvalue weighted by molar-refractivity contribution is 6.30. The first kappa shape index (κ1) is 33.9. The molecule has 3 aromatic carbocycles. The van der Waals surface area contributed by atoms with E-state index in [1.54, 1.807) is 0 Å². The van der Waals surface area contributed by atoms with Crippen molar-refractivity contribution in [2.45, 2.75) is 26.1 Å². The molecule has 0 aliphatic heterocycles. The molecule has 2 N–H and O–H groups in total. The SMILES string of the molecule is COc1cc(C(=O)O[C@H](C(=O)O)[C@H](OC(=O)c2ccc(OC(C)=O)c(OC)c2)C(=O)Nc2cccc(Cl)c2)ccc1OC(C)=O. The average Bonchev–Trinajstić information content (AvgIpc) is 2.98. The van der Waals surface area contributed by atoms with Crippen LogP contribution in [-0.4, -0.2) is 67.3 Å². The number of rotatable bonds is 12. The maximum atomic E-state index is 13.4. The second-order valence-corrected chi connectivity index (χ2v) is 9.34. The van der Waals surface area contributed by atoms with Crippen LogP contribution in [0.15, 0.2) is 60.7 Å². The third kappa shape index (κ3) is 9.18. The van der Waals surface area contributed by atoms with E-state index in [4.69, 9.17) is 40.0 Å². The molecule has 14 nitrogen and oxygen atoms in total. The van der Waals surface area contributed by atoms with Gasteiger partial charge in [-0.15, -0.1) is 0 Å². The Balaban J connectivity index is 1.97. The molecule has 15 heteroatoms. The molecule has 3 rings (SSSR count). The van der Waals surface area contributed by atoms with Crippen molar-refractivity contribution in [2.24, 2.45) is 0 Å². The lowest BCUT2D eigenvalue weighted by Crippen LogP contribution is -2.48. The van der Waals surface area contributed by atoms with E-state index in [0.717, 1.165) is 32.0 Å². The van der Waals surface area contributed by atoms with Crippen molar-refractivity contribution in [3.63, 3.8) is 0 Å². The standard InChI is InChI=1S/C30H26ClNO13/c1-15(33)42-21-10-8-17(12-23(21)40-3)29(38)44-25(27(35)32-20-7-5-6-19(31)14-20)26(28(36)37)45-30(39)18-9-11-22(43-16(2)34)24(13-18)41-4/h5-14,25-26H,1-4H3,(H,32,35)(H,36,37)/t25-,26-/m0/s1. The number of carboxylic acids is 1. The van der Waals surface area contributed by atoms with Crippen molar-refractivity contribution in [1.82, 2.24) is 0 Å². The summed E-state index contributed by atoms with van der Waals surface area (Å²) in [4.78, 5) is 74.7. The minimum atomic E-state index is -2.37. The van der Waals surface area contributed by atoms with Crippen LogP contribution in [0.1, 0.15) is 34.6 Å². The lowest BCUT2D eigenvalue weighted by molar-refractivity contribution is -0.157. The number of esters is 4. The molecule has 0 heterocycles. The van der Waals surface area contributed by atoms with E-state index >= 15 is 0 Å². The Labute approximate surface area is 260 Å². The minimum Gasteiger partial charge on any atom is -0.493 e. The molecule has 0 radical (unpaired) electrons. The van der Waals surface area contributed by atoms with Crippen LogP contribution in [0.3, 0.4) is 0 Å². The summed E-state index contributed by atoms with van der Waals surface area (Å²) < 4.78 is 30.7. The van der Waals surface area contributed by atoms with E-state index in [-0.39, 0.29) is 44.8 Å². The molecule has 1 amide bonds. The Kier molecular flexibility index (Phi) is 11.4. The van der Waals surface area contributed by atoms with E-state index in [1.807, 2.05) is 0 Å². The van der Waals surface area contributed by atoms with Crippen molar-refractivity contribution >= 4 is 53.0 Å². The summed E-state index contributed by atoms with van der Waals surface area (Å²) in [6.45, 7) is 2.31. The van der Waals surface area contributed by atoms with E-state index in [0.29, 0.717) is 0 Å². The summed E-state index contributed by atoms with van der Waals surface area (Å²) in [5.41, 5.74) is -0.369. The number of amides is 1. The van der Waals surface area contributed by atoms with Gasteiger partial charge >= 0.3 is 29.8 Å². The lowest BCUT2D eigenvalue weighted by Gasteiger charge is -2.24. The molecule has 0 fully saturated rings. The number of benzene rings is 3. The highest BCUT2D eigenvalue weighted by atomic mass is 35.5. The summed E-state index contributed by atoms with van der Waals surface area (Å²) in [6.07, 6.45) is -4.62. The Bertz CT molecular complexity index is 1640. The van der Waals surface area contributed by atoms with Crippen molar-refractivity contribution in [3.8, 4) is 23.0 Å². The molecule has 0 aliphatic rings. The topological polar surface area (TPSA) is 190 Å². The number of nitrogens with one attached hydrogen (secondary N) is 1. The second kappa shape index (κ2) is 15.2. The highest BCUT2D eigenvalue weighted by Gasteiger charge is 2.41. The van der Waals surface area contributed by atoms with Gasteiger partial charge in [0.2, 0.25) is 12.2 Å². The lowest BCUT2D eigenvalue weighted by atomic mass is 10.1. The van der Waals surface area contributed by atoms with Crippen molar-refractivity contribution in [2.75, 3.05) is 19.5 Å². The minimum absolute atomic E-state index is 0.0238. The van der Waals surface area contributed by atoms with Crippen molar-refractivity contribution in [3.05, 3.63) is 76.8 Å². The molecule has 0 unspecified atom stereocenters. The van der Waals surface area contributed by atoms with Gasteiger partial charge < -0.3 is 38.8 Å². The summed E-state index contributed by atoms with van der Waals surface area (Å²) in [5, 5.41) is 12.6. The van der Waals surface area contributed by atoms with Crippen molar-refractivity contribution in [1.29, 1.82) is 0 Å². The van der Waals surface area contributed by atoms with Gasteiger partial charge in [-0.1, -0.05) is 17.7 Å². The molecule has 0 bridgehead atoms. The third-order valence-corrected chi connectivity index (χ3v) is 5.88. The number of aliphatic carboxylic acids is 1. The number of ether oxygens (including phenoxy) is 6. The number of methoxy groups -OCH3 is 2. The van der Waals surface area contributed by atoms with Gasteiger partial charge in [-0.25, -0.2) is 14.4 Å². The van der Waals surface area contributed by atoms with Gasteiger partial charge in [-0.2, -0.15) is 0 Å². The van der Waals surface area contributed by atoms with Crippen LogP contribution >= 0.6 is 11.6 Å². The monoisotopic (exact) mass is 643 g/mol. The molecule has 0 aromatic heterocycles. The van der Waals surface area contributed by atoms with E-state index in [9.17, 15) is 33.9 Å². The summed E-state index contributed by atoms with van der Waals surface area (Å²) >= 11 is 5.98. The summed E-state index contributed by atoms with van der Waals surface area (Å²) in [5.74, 6) is -6.97. The predicted molar refractivity (Wildman–Crippen MR) is 155 cm³/mol. The van der Waals surface area contributed by atoms with Gasteiger partial charge in [0.15, 0.2) is 23.0 Å². The van der Waals surface area contributed by atoms with Gasteiger partial charge in [0.1, 0.15) is 0 Å². The average molecular weight is 644 g/mol. The highest BCUT2D eigenvalue weighted by Crippen LogP contribution is 2.30. The molecule has 2 atom stereocenters. The molecule has 0 saturated carbocycles. The smallest absolute Gasteiger partial charge is 0.349 e. The van der Waals surface area contributed by atoms with Gasteiger partial charge in [0.05, 0.1) is 25.3 Å². The molecule has 236 valence electrons. The molecule has 0 saturated heterocycles. The zero-order valence-corrected chi connectivity index (χ0v) is 24.9. The summed E-state index contributed by atoms with van der Waals surface area (Å²) in [7, 11) is 2.48. The molecule has 3 aromatic rings. The van der Waals surface area contributed by atoms with Crippen LogP contribution in [0.4, 0.5) is 5.69 Å². The zero-order valence-electron chi connectivity index (χ0n) is 24.2. The Morgan fingerprint density at radius 1 is 0.689 bits per heavy atom. The molecular formula is C30H26ClNO13. The number of hydrogen-bond acceptors (Lipinski definition) is 12. The molecule has 0 aliphatic carbocycles. The predicted octanol–water partition coefficient (Wildman–Crippen LogP) is 3.68. The van der Waals surface area contributed by atoms with Crippen LogP contribution in [0.5, 0.6) is 23.0 Å². The molecule has 0 spiro atoms. The number of halogens is 1. The van der Waals surface area contributed by atoms with Gasteiger partial charge in [0.25, 0.3) is 5.91 Å². The maximum Gasteiger partial charge on any atom is 0.349 e. The van der Waals surface area contributed by atoms with Gasteiger partial charge in [-0.05, 0) is 54.6 Å². The van der Waals surface area contributed by atoms with Gasteiger partial charge in [0, 0.05) is 24.6 Å². The summed E-state index contributed by atoms with van der Waals surface area (Å²) in [6, 6.07) is 12.8. The molecular weight excluding hydrogens is 618 g/mol. The number of carboxylic acid groups (broad SMARTS) is 1. The first-order chi connectivity index (χ1) is 21.3. The fraction of sp³-hybridized carbons (Fsp3) is 0.200. The van der Waals surface area contributed by atoms with Crippen LogP contribution in [0.25, 0.3) is 0 Å². The van der Waals surface area contributed by atoms with E-state index in [1.165, 1.54) is 56.7 Å². The van der Waals surface area contributed by atoms with Crippen molar-refractivity contribution < 1.29 is 62.3 Å². The fourth-order valence-corrected chi connectivity index (χ4v) is 3.90. The number of carbonyl (C=O) groups is 6. The number of anilines is 1. The largest absolute Gasteiger partial charge is 0.493 e. The van der Waals surface area contributed by atoms with Crippen LogP contribution < -0.4 is 24.3 Å². The van der Waals surface area contributed by atoms with Crippen LogP contribution in [-0.2, 0) is 28.7 Å². The third-order valence-electron chi connectivity index (χ3n) is 5.64. The zero-order chi connectivity index (χ0) is 33.3. The quantitative estimate of drug-likeness (QED) is 0.215. The Morgan fingerprint density at radius 3 is 1.60 bits per heavy atom. The molecule has 45 heavy (non-hydrogen) atoms. The number of hydrogen-bond donors (Lipinski definition) is 2. The first-order valence-corrected chi connectivity index (χ1v) is 13.1. The maximum absolute atomic E-state index is 13.4. The number of carbonyl (C=O) groups excluding carboxylic acids is 5. The first-order valence-electron chi connectivity index (χ1n) is 12.8. The fourth-order valence-electron chi connectivity index (χ4n) is 3.71. The van der Waals surface area contributed by atoms with Crippen LogP contribution in [0.2, 0.25) is 5.02 Å². The van der Waals surface area contributed by atoms with E-state index in [2.05, 4.69) is 5.32 Å².